The molecule has 3 saturated heterocycles. The summed E-state index contributed by atoms with van der Waals surface area (Å²) < 4.78 is 43.8. The Labute approximate surface area is 201 Å². The van der Waals surface area contributed by atoms with Crippen molar-refractivity contribution in [3.05, 3.63) is 11.1 Å². The van der Waals surface area contributed by atoms with Gasteiger partial charge in [-0.15, -0.1) is 0 Å². The number of aliphatic carboxylic acids is 1. The molecular formula is C25H32F3NO6. The Balaban J connectivity index is 0.000000290. The van der Waals surface area contributed by atoms with Crippen molar-refractivity contribution in [3.63, 3.8) is 0 Å². The van der Waals surface area contributed by atoms with Gasteiger partial charge in [-0.2, -0.15) is 13.2 Å². The monoisotopic (exact) mass is 499 g/mol. The van der Waals surface area contributed by atoms with E-state index < -0.39 is 17.9 Å². The molecular weight excluding hydrogens is 467 g/mol. The minimum atomic E-state index is -5.08. The predicted octanol–water partition coefficient (Wildman–Crippen LogP) is 3.32. The van der Waals surface area contributed by atoms with Crippen LogP contribution in [0.2, 0.25) is 0 Å². The first-order valence-corrected chi connectivity index (χ1v) is 12.6. The number of esters is 1. The van der Waals surface area contributed by atoms with Crippen molar-refractivity contribution in [1.29, 1.82) is 0 Å². The number of carboxylic acids is 1. The molecule has 0 amide bonds. The maximum atomic E-state index is 12.9. The molecule has 4 aliphatic carbocycles. The van der Waals surface area contributed by atoms with Gasteiger partial charge in [-0.1, -0.05) is 25.0 Å². The Bertz CT molecular complexity index is 1030. The highest BCUT2D eigenvalue weighted by molar-refractivity contribution is 5.75. The molecule has 0 aromatic heterocycles. The number of aliphatic hydroxyl groups is 1. The average Bonchev–Trinajstić information content (AvgIpc) is 3.44. The van der Waals surface area contributed by atoms with Crippen LogP contribution in [-0.2, 0) is 19.1 Å². The molecule has 5 bridgehead atoms. The van der Waals surface area contributed by atoms with Gasteiger partial charge in [0.25, 0.3) is 0 Å². The molecule has 0 radical (unpaired) electrons. The first-order chi connectivity index (χ1) is 16.3. The second-order valence-electron chi connectivity index (χ2n) is 11.8. The fourth-order valence-corrected chi connectivity index (χ4v) is 9.95. The summed E-state index contributed by atoms with van der Waals surface area (Å²) in [6.07, 6.45) is 1.33. The molecule has 3 aliphatic heterocycles. The first-order valence-electron chi connectivity index (χ1n) is 12.6. The van der Waals surface area contributed by atoms with Crippen LogP contribution in [0.15, 0.2) is 11.1 Å². The van der Waals surface area contributed by atoms with Crippen molar-refractivity contribution in [2.75, 3.05) is 13.7 Å². The quantitative estimate of drug-likeness (QED) is 0.422. The van der Waals surface area contributed by atoms with E-state index in [0.717, 1.165) is 38.6 Å². The Hall–Kier alpha value is -1.65. The van der Waals surface area contributed by atoms with Crippen LogP contribution < -0.4 is 0 Å². The van der Waals surface area contributed by atoms with Crippen molar-refractivity contribution in [3.8, 4) is 0 Å². The number of carbonyl (C=O) groups excluding carboxylic acids is 1. The van der Waals surface area contributed by atoms with Gasteiger partial charge >= 0.3 is 18.1 Å². The molecule has 5 fully saturated rings. The van der Waals surface area contributed by atoms with Crippen LogP contribution >= 0.6 is 0 Å². The van der Waals surface area contributed by atoms with Gasteiger partial charge < -0.3 is 19.7 Å². The van der Waals surface area contributed by atoms with Gasteiger partial charge in [0, 0.05) is 29.2 Å². The number of piperidine rings is 1. The topological polar surface area (TPSA) is 96.3 Å². The average molecular weight is 500 g/mol. The lowest BCUT2D eigenvalue weighted by atomic mass is 9.42. The lowest BCUT2D eigenvalue weighted by molar-refractivity contribution is -0.291. The molecule has 7 nitrogen and oxygen atoms in total. The molecule has 0 aromatic rings. The lowest BCUT2D eigenvalue weighted by Crippen LogP contribution is -2.75. The summed E-state index contributed by atoms with van der Waals surface area (Å²) in [6, 6.07) is 0. The van der Waals surface area contributed by atoms with Gasteiger partial charge in [-0.25, -0.2) is 9.69 Å². The number of ether oxygens (including phenoxy) is 2. The Morgan fingerprint density at radius 3 is 2.49 bits per heavy atom. The number of alkyl halides is 3. The van der Waals surface area contributed by atoms with Crippen LogP contribution in [0.4, 0.5) is 13.2 Å². The van der Waals surface area contributed by atoms with Crippen LogP contribution in [0, 0.1) is 40.4 Å². The molecule has 10 atom stereocenters. The van der Waals surface area contributed by atoms with Crippen molar-refractivity contribution in [2.45, 2.75) is 76.6 Å². The zero-order chi connectivity index (χ0) is 25.3. The molecule has 7 rings (SSSR count). The Morgan fingerprint density at radius 1 is 1.20 bits per heavy atom. The number of halogens is 3. The minimum Gasteiger partial charge on any atom is -0.475 e. The van der Waals surface area contributed by atoms with Crippen LogP contribution in [0.3, 0.4) is 0 Å². The summed E-state index contributed by atoms with van der Waals surface area (Å²) in [4.78, 5) is 24.1. The van der Waals surface area contributed by atoms with E-state index in [1.807, 2.05) is 0 Å². The number of methoxy groups -OCH3 is 1. The van der Waals surface area contributed by atoms with E-state index in [-0.39, 0.29) is 46.9 Å². The van der Waals surface area contributed by atoms with E-state index in [2.05, 4.69) is 18.7 Å². The number of allylic oxidation sites excluding steroid dienone is 1. The number of rotatable bonds is 1. The van der Waals surface area contributed by atoms with E-state index >= 15 is 0 Å². The highest BCUT2D eigenvalue weighted by Gasteiger charge is 2.87. The standard InChI is InChI=1S/C23H31NO4.C2HF3O2/c1-11-10-24-19-15-7-5-12-4-6-13-14(20(25)27-3)9-22(18(12)13)21(15,2)17(28-19)8-16(11)23(22,24)26;3-2(4,5)1(6)7/h11,13-17,19,26H,4-10H2,1-3H3;(H,6,7)/t11-,13-,14-,15-,16+,17-,19-,21-,22-,23-;/m1./s1. The summed E-state index contributed by atoms with van der Waals surface area (Å²) >= 11 is 0. The summed E-state index contributed by atoms with van der Waals surface area (Å²) in [7, 11) is 1.52. The predicted molar refractivity (Wildman–Crippen MR) is 114 cm³/mol. The van der Waals surface area contributed by atoms with Gasteiger partial charge in [0.15, 0.2) is 0 Å². The molecule has 194 valence electrons. The van der Waals surface area contributed by atoms with Crippen LogP contribution in [0.25, 0.3) is 0 Å². The fraction of sp³-hybridized carbons (Fsp3) is 0.840. The van der Waals surface area contributed by atoms with Gasteiger partial charge in [0.05, 0.1) is 19.1 Å². The van der Waals surface area contributed by atoms with Gasteiger partial charge in [0.1, 0.15) is 12.0 Å². The van der Waals surface area contributed by atoms with E-state index in [9.17, 15) is 23.1 Å². The molecule has 10 heteroatoms. The molecule has 0 unspecified atom stereocenters. The maximum Gasteiger partial charge on any atom is 0.490 e. The summed E-state index contributed by atoms with van der Waals surface area (Å²) in [5.41, 5.74) is 1.76. The zero-order valence-electron chi connectivity index (χ0n) is 20.1. The third-order valence-electron chi connectivity index (χ3n) is 11.0. The number of nitrogens with zero attached hydrogens (tertiary/aromatic N) is 1. The smallest absolute Gasteiger partial charge is 0.475 e. The van der Waals surface area contributed by atoms with E-state index in [1.54, 1.807) is 5.57 Å². The number of hydrogen-bond donors (Lipinski definition) is 2. The van der Waals surface area contributed by atoms with Crippen molar-refractivity contribution in [1.82, 2.24) is 4.90 Å². The number of carboxylic acid groups (broad SMARTS) is 1. The Kier molecular flexibility index (Phi) is 4.75. The second-order valence-corrected chi connectivity index (χ2v) is 11.8. The Morgan fingerprint density at radius 2 is 1.86 bits per heavy atom. The molecule has 2 N–H and O–H groups in total. The number of fused-ring (bicyclic) bond motifs is 1. The van der Waals surface area contributed by atoms with E-state index in [4.69, 9.17) is 19.4 Å². The largest absolute Gasteiger partial charge is 0.490 e. The third-order valence-corrected chi connectivity index (χ3v) is 11.0. The summed E-state index contributed by atoms with van der Waals surface area (Å²) in [5.74, 6) is -1.51. The second kappa shape index (κ2) is 7.01. The van der Waals surface area contributed by atoms with Crippen molar-refractivity contribution < 1.29 is 42.4 Å². The van der Waals surface area contributed by atoms with Gasteiger partial charge in [0.2, 0.25) is 0 Å². The SMILES string of the molecule is COC(=O)[C@@H]1C[C@]23C4=C(CC[C@@H]5[C@H]6O[C@H](C[C@H]7[C@H](C)CN6[C@@]72O)[C@@]53C)CC[C@@H]41.O=C(O)C(F)(F)F. The first kappa shape index (κ1) is 23.7. The highest BCUT2D eigenvalue weighted by Crippen LogP contribution is 2.82. The molecule has 1 spiro atoms. The molecule has 7 aliphatic rings. The molecule has 2 saturated carbocycles. The fourth-order valence-electron chi connectivity index (χ4n) is 9.95. The lowest BCUT2D eigenvalue weighted by Gasteiger charge is -2.67. The molecule has 35 heavy (non-hydrogen) atoms. The number of carbonyl (C=O) groups is 2. The summed E-state index contributed by atoms with van der Waals surface area (Å²) in [5, 5.41) is 19.9. The minimum absolute atomic E-state index is 0.0521. The van der Waals surface area contributed by atoms with Gasteiger partial charge in [-0.3, -0.25) is 4.79 Å². The van der Waals surface area contributed by atoms with E-state index in [1.165, 1.54) is 19.1 Å². The molecule has 3 heterocycles. The highest BCUT2D eigenvalue weighted by atomic mass is 19.4. The number of hydrogen-bond acceptors (Lipinski definition) is 6. The van der Waals surface area contributed by atoms with Gasteiger partial charge in [-0.05, 0) is 50.4 Å². The third kappa shape index (κ3) is 2.49. The normalized spacial score (nSPS) is 50.5. The zero-order valence-corrected chi connectivity index (χ0v) is 20.1. The van der Waals surface area contributed by atoms with Crippen molar-refractivity contribution >= 4 is 11.9 Å². The van der Waals surface area contributed by atoms with Crippen LogP contribution in [-0.4, -0.2) is 64.9 Å². The molecule has 0 aromatic carbocycles. The van der Waals surface area contributed by atoms with E-state index in [0.29, 0.717) is 11.8 Å². The summed E-state index contributed by atoms with van der Waals surface area (Å²) in [6.45, 7) is 5.65. The van der Waals surface area contributed by atoms with Crippen molar-refractivity contribution in [2.24, 2.45) is 40.4 Å². The van der Waals surface area contributed by atoms with Crippen LogP contribution in [0.5, 0.6) is 0 Å². The van der Waals surface area contributed by atoms with Crippen LogP contribution in [0.1, 0.15) is 52.4 Å². The maximum absolute atomic E-state index is 12.9.